The first-order valence-corrected chi connectivity index (χ1v) is 7.98. The van der Waals surface area contributed by atoms with Gasteiger partial charge in [0.05, 0.1) is 0 Å². The monoisotopic (exact) mass is 251 g/mol. The summed E-state index contributed by atoms with van der Waals surface area (Å²) in [5.74, 6) is 5.25. The lowest BCUT2D eigenvalue weighted by molar-refractivity contribution is -0.0526. The third-order valence-corrected chi connectivity index (χ3v) is 6.00. The highest BCUT2D eigenvalue weighted by Crippen LogP contribution is 2.57. The Balaban J connectivity index is 1.63. The summed E-state index contributed by atoms with van der Waals surface area (Å²) >= 11 is 0. The van der Waals surface area contributed by atoms with E-state index in [4.69, 9.17) is 4.74 Å². The average Bonchev–Trinajstić information content (AvgIpc) is 2.35. The highest BCUT2D eigenvalue weighted by Gasteiger charge is 2.49. The topological polar surface area (TPSA) is 21.3 Å². The van der Waals surface area contributed by atoms with Gasteiger partial charge in [0.15, 0.2) is 0 Å². The van der Waals surface area contributed by atoms with E-state index in [-0.39, 0.29) is 0 Å². The van der Waals surface area contributed by atoms with Gasteiger partial charge in [-0.15, -0.1) is 0 Å². The quantitative estimate of drug-likeness (QED) is 0.733. The summed E-state index contributed by atoms with van der Waals surface area (Å²) in [7, 11) is 3.99. The Bertz CT molecular complexity index is 250. The first-order chi connectivity index (χ1) is 8.81. The molecule has 0 aromatic rings. The van der Waals surface area contributed by atoms with Crippen molar-refractivity contribution in [3.8, 4) is 0 Å². The third-order valence-electron chi connectivity index (χ3n) is 6.00. The molecule has 4 saturated carbocycles. The molecular weight excluding hydrogens is 222 g/mol. The van der Waals surface area contributed by atoms with Gasteiger partial charge in [0, 0.05) is 19.8 Å². The van der Waals surface area contributed by atoms with Gasteiger partial charge in [0.25, 0.3) is 0 Å². The largest absolute Gasteiger partial charge is 0.385 e. The fraction of sp³-hybridized carbons (Fsp3) is 1.00. The van der Waals surface area contributed by atoms with Crippen molar-refractivity contribution in [1.82, 2.24) is 5.32 Å². The molecule has 0 aromatic heterocycles. The van der Waals surface area contributed by atoms with Crippen molar-refractivity contribution in [3.05, 3.63) is 0 Å². The maximum Gasteiger partial charge on any atom is 0.0462 e. The smallest absolute Gasteiger partial charge is 0.0462 e. The fourth-order valence-electron chi connectivity index (χ4n) is 5.60. The van der Waals surface area contributed by atoms with Gasteiger partial charge >= 0.3 is 0 Å². The molecule has 0 saturated heterocycles. The predicted octanol–water partition coefficient (Wildman–Crippen LogP) is 3.07. The molecule has 0 heterocycles. The number of ether oxygens (including phenoxy) is 1. The molecule has 1 unspecified atom stereocenters. The number of nitrogens with one attached hydrogen (secondary N) is 1. The van der Waals surface area contributed by atoms with E-state index < -0.39 is 0 Å². The molecule has 0 aromatic carbocycles. The predicted molar refractivity (Wildman–Crippen MR) is 74.5 cm³/mol. The van der Waals surface area contributed by atoms with Crippen molar-refractivity contribution < 1.29 is 4.74 Å². The van der Waals surface area contributed by atoms with Gasteiger partial charge in [0.2, 0.25) is 0 Å². The van der Waals surface area contributed by atoms with Gasteiger partial charge < -0.3 is 10.1 Å². The van der Waals surface area contributed by atoms with Crippen LogP contribution >= 0.6 is 0 Å². The van der Waals surface area contributed by atoms with Crippen molar-refractivity contribution >= 4 is 0 Å². The van der Waals surface area contributed by atoms with Crippen LogP contribution in [0.15, 0.2) is 0 Å². The van der Waals surface area contributed by atoms with Gasteiger partial charge in [-0.25, -0.2) is 0 Å². The van der Waals surface area contributed by atoms with E-state index in [1.165, 1.54) is 12.8 Å². The molecule has 1 N–H and O–H groups in total. The second kappa shape index (κ2) is 5.50. The van der Waals surface area contributed by atoms with Crippen LogP contribution in [-0.2, 0) is 4.74 Å². The lowest BCUT2D eigenvalue weighted by Crippen LogP contribution is -2.52. The molecule has 4 aliphatic rings. The minimum Gasteiger partial charge on any atom is -0.385 e. The zero-order valence-corrected chi connectivity index (χ0v) is 12.0. The zero-order chi connectivity index (χ0) is 12.5. The van der Waals surface area contributed by atoms with Crippen molar-refractivity contribution in [3.63, 3.8) is 0 Å². The molecule has 4 rings (SSSR count). The molecule has 0 spiro atoms. The highest BCUT2D eigenvalue weighted by molar-refractivity contribution is 5.01. The molecule has 4 bridgehead atoms. The fourth-order valence-corrected chi connectivity index (χ4v) is 5.60. The van der Waals surface area contributed by atoms with E-state index in [1.54, 1.807) is 32.1 Å². The summed E-state index contributed by atoms with van der Waals surface area (Å²) in [6.07, 6.45) is 10.2. The maximum atomic E-state index is 5.21. The molecule has 2 heteroatoms. The number of hydrogen-bond donors (Lipinski definition) is 1. The van der Waals surface area contributed by atoms with Crippen LogP contribution < -0.4 is 5.32 Å². The van der Waals surface area contributed by atoms with Crippen molar-refractivity contribution in [1.29, 1.82) is 0 Å². The first-order valence-electron chi connectivity index (χ1n) is 7.98. The molecule has 0 amide bonds. The van der Waals surface area contributed by atoms with Gasteiger partial charge in [-0.1, -0.05) is 0 Å². The second-order valence-electron chi connectivity index (χ2n) is 7.04. The van der Waals surface area contributed by atoms with Crippen LogP contribution in [-0.4, -0.2) is 26.8 Å². The number of hydrogen-bond acceptors (Lipinski definition) is 2. The first kappa shape index (κ1) is 12.9. The third kappa shape index (κ3) is 2.34. The van der Waals surface area contributed by atoms with Crippen molar-refractivity contribution in [2.24, 2.45) is 29.6 Å². The van der Waals surface area contributed by atoms with Gasteiger partial charge in [-0.2, -0.15) is 0 Å². The Hall–Kier alpha value is -0.0800. The standard InChI is InChI=1S/C16H29NO/c1-17-15(4-3-5-18-2)16-13-7-11-6-12(9-13)10-14(16)8-11/h11-17H,3-10H2,1-2H3. The van der Waals surface area contributed by atoms with Crippen LogP contribution in [0.1, 0.15) is 44.9 Å². The van der Waals surface area contributed by atoms with E-state index in [9.17, 15) is 0 Å². The molecular formula is C16H29NO. The molecule has 104 valence electrons. The molecule has 1 atom stereocenters. The minimum atomic E-state index is 0.746. The van der Waals surface area contributed by atoms with Crippen LogP contribution in [0.25, 0.3) is 0 Å². The number of rotatable bonds is 6. The van der Waals surface area contributed by atoms with E-state index in [0.29, 0.717) is 0 Å². The Morgan fingerprint density at radius 2 is 1.67 bits per heavy atom. The van der Waals surface area contributed by atoms with Crippen LogP contribution in [0.4, 0.5) is 0 Å². The summed E-state index contributed by atoms with van der Waals surface area (Å²) in [6.45, 7) is 0.922. The Morgan fingerprint density at radius 1 is 1.06 bits per heavy atom. The van der Waals surface area contributed by atoms with Gasteiger partial charge in [0.1, 0.15) is 0 Å². The highest BCUT2D eigenvalue weighted by atomic mass is 16.5. The Morgan fingerprint density at radius 3 is 2.17 bits per heavy atom. The van der Waals surface area contributed by atoms with Crippen LogP contribution in [0.5, 0.6) is 0 Å². The lowest BCUT2D eigenvalue weighted by atomic mass is 9.50. The second-order valence-corrected chi connectivity index (χ2v) is 7.04. The molecule has 0 radical (unpaired) electrons. The summed E-state index contributed by atoms with van der Waals surface area (Å²) in [5, 5.41) is 3.63. The number of methoxy groups -OCH3 is 1. The Labute approximate surface area is 112 Å². The molecule has 0 aliphatic heterocycles. The van der Waals surface area contributed by atoms with E-state index >= 15 is 0 Å². The zero-order valence-electron chi connectivity index (χ0n) is 12.0. The van der Waals surface area contributed by atoms with Crippen molar-refractivity contribution in [2.75, 3.05) is 20.8 Å². The van der Waals surface area contributed by atoms with E-state index in [0.717, 1.165) is 42.2 Å². The SMILES string of the molecule is CNC(CCCOC)C1C2CC3CC(C2)CC1C3. The minimum absolute atomic E-state index is 0.746. The van der Waals surface area contributed by atoms with E-state index in [2.05, 4.69) is 12.4 Å². The molecule has 18 heavy (non-hydrogen) atoms. The summed E-state index contributed by atoms with van der Waals surface area (Å²) in [6, 6.07) is 0.746. The van der Waals surface area contributed by atoms with Crippen molar-refractivity contribution in [2.45, 2.75) is 51.0 Å². The lowest BCUT2D eigenvalue weighted by Gasteiger charge is -2.56. The van der Waals surface area contributed by atoms with E-state index in [1.807, 2.05) is 7.11 Å². The van der Waals surface area contributed by atoms with Crippen LogP contribution in [0.3, 0.4) is 0 Å². The summed E-state index contributed by atoms with van der Waals surface area (Å²) in [5.41, 5.74) is 0. The molecule has 4 aliphatic carbocycles. The summed E-state index contributed by atoms with van der Waals surface area (Å²) in [4.78, 5) is 0. The Kier molecular flexibility index (Phi) is 3.95. The molecule has 4 fully saturated rings. The normalized spacial score (nSPS) is 43.3. The summed E-state index contributed by atoms with van der Waals surface area (Å²) < 4.78 is 5.21. The average molecular weight is 251 g/mol. The van der Waals surface area contributed by atoms with Gasteiger partial charge in [-0.05, 0) is 81.6 Å². The van der Waals surface area contributed by atoms with Crippen LogP contribution in [0.2, 0.25) is 0 Å². The van der Waals surface area contributed by atoms with Crippen LogP contribution in [0, 0.1) is 29.6 Å². The maximum absolute atomic E-state index is 5.21. The molecule has 2 nitrogen and oxygen atoms in total. The van der Waals surface area contributed by atoms with Gasteiger partial charge in [-0.3, -0.25) is 0 Å².